The van der Waals surface area contributed by atoms with Gasteiger partial charge < -0.3 is 10.4 Å². The fraction of sp³-hybridized carbons (Fsp3) is 0.600. The van der Waals surface area contributed by atoms with Crippen molar-refractivity contribution in [2.24, 2.45) is 5.92 Å². The number of hydrogen-bond donors (Lipinski definition) is 2. The zero-order valence-electron chi connectivity index (χ0n) is 8.27. The van der Waals surface area contributed by atoms with Gasteiger partial charge in [-0.1, -0.05) is 0 Å². The van der Waals surface area contributed by atoms with Gasteiger partial charge in [0.25, 0.3) is 0 Å². The van der Waals surface area contributed by atoms with Gasteiger partial charge >= 0.3 is 0 Å². The molecule has 1 aliphatic rings. The number of anilines is 1. The van der Waals surface area contributed by atoms with Gasteiger partial charge in [0, 0.05) is 12.7 Å². The smallest absolute Gasteiger partial charge is 0.129 e. The van der Waals surface area contributed by atoms with E-state index in [-0.39, 0.29) is 6.10 Å². The molecule has 1 heterocycles. The second kappa shape index (κ2) is 3.92. The Hall–Kier alpha value is -1.16. The summed E-state index contributed by atoms with van der Waals surface area (Å²) in [5.74, 6) is 2.04. The molecule has 1 fully saturated rings. The molecule has 0 aromatic carbocycles. The summed E-state index contributed by atoms with van der Waals surface area (Å²) in [5.41, 5.74) is 0. The maximum absolute atomic E-state index is 9.61. The summed E-state index contributed by atoms with van der Waals surface area (Å²) < 4.78 is 0. The molecule has 0 bridgehead atoms. The summed E-state index contributed by atoms with van der Waals surface area (Å²) in [6, 6.07) is 1.81. The zero-order valence-corrected chi connectivity index (χ0v) is 8.27. The summed E-state index contributed by atoms with van der Waals surface area (Å²) in [6.45, 7) is 2.43. The summed E-state index contributed by atoms with van der Waals surface area (Å²) in [4.78, 5) is 8.19. The van der Waals surface area contributed by atoms with Gasteiger partial charge in [0.05, 0.1) is 6.10 Å². The van der Waals surface area contributed by atoms with Gasteiger partial charge in [-0.05, 0) is 31.7 Å². The van der Waals surface area contributed by atoms with Crippen LogP contribution in [0.25, 0.3) is 0 Å². The van der Waals surface area contributed by atoms with Gasteiger partial charge in [0.2, 0.25) is 0 Å². The van der Waals surface area contributed by atoms with Crippen molar-refractivity contribution >= 4 is 5.82 Å². The largest absolute Gasteiger partial charge is 0.391 e. The highest BCUT2D eigenvalue weighted by atomic mass is 16.3. The molecule has 1 atom stereocenters. The molecular formula is C10H15N3O. The van der Waals surface area contributed by atoms with E-state index in [0.29, 0.717) is 12.5 Å². The molecule has 76 valence electrons. The molecule has 1 aromatic rings. The van der Waals surface area contributed by atoms with Crippen LogP contribution in [0.15, 0.2) is 12.3 Å². The van der Waals surface area contributed by atoms with Crippen LogP contribution >= 0.6 is 0 Å². The number of nitrogens with zero attached hydrogens (tertiary/aromatic N) is 2. The first-order chi connectivity index (χ1) is 6.75. The Kier molecular flexibility index (Phi) is 2.63. The molecule has 0 spiro atoms. The highest BCUT2D eigenvalue weighted by Crippen LogP contribution is 2.32. The number of aromatic nitrogens is 2. The van der Waals surface area contributed by atoms with Gasteiger partial charge in [-0.2, -0.15) is 0 Å². The number of aryl methyl sites for hydroxylation is 1. The van der Waals surface area contributed by atoms with E-state index in [1.165, 1.54) is 0 Å². The summed E-state index contributed by atoms with van der Waals surface area (Å²) >= 11 is 0. The second-order valence-corrected chi connectivity index (χ2v) is 3.77. The molecule has 0 radical (unpaired) electrons. The van der Waals surface area contributed by atoms with Crippen LogP contribution in [0.1, 0.15) is 18.7 Å². The molecule has 0 saturated heterocycles. The summed E-state index contributed by atoms with van der Waals surface area (Å²) in [7, 11) is 0. The van der Waals surface area contributed by atoms with Gasteiger partial charge in [0.1, 0.15) is 11.6 Å². The van der Waals surface area contributed by atoms with Crippen molar-refractivity contribution in [3.63, 3.8) is 0 Å². The lowest BCUT2D eigenvalue weighted by atomic mass is 10.2. The van der Waals surface area contributed by atoms with Gasteiger partial charge in [-0.25, -0.2) is 9.97 Å². The number of aliphatic hydroxyl groups excluding tert-OH is 1. The minimum absolute atomic E-state index is 0.231. The van der Waals surface area contributed by atoms with Crippen LogP contribution < -0.4 is 5.32 Å². The molecule has 1 aliphatic carbocycles. The van der Waals surface area contributed by atoms with Crippen LogP contribution in [-0.4, -0.2) is 27.7 Å². The Morgan fingerprint density at radius 1 is 1.64 bits per heavy atom. The fourth-order valence-corrected chi connectivity index (χ4v) is 1.41. The van der Waals surface area contributed by atoms with Crippen LogP contribution in [-0.2, 0) is 0 Å². The third-order valence-corrected chi connectivity index (χ3v) is 2.43. The van der Waals surface area contributed by atoms with E-state index in [2.05, 4.69) is 15.3 Å². The van der Waals surface area contributed by atoms with E-state index in [1.54, 1.807) is 6.20 Å². The van der Waals surface area contributed by atoms with Crippen molar-refractivity contribution in [3.05, 3.63) is 18.1 Å². The highest BCUT2D eigenvalue weighted by Gasteiger charge is 2.29. The third-order valence-electron chi connectivity index (χ3n) is 2.43. The maximum atomic E-state index is 9.61. The van der Waals surface area contributed by atoms with Crippen molar-refractivity contribution in [1.29, 1.82) is 0 Å². The van der Waals surface area contributed by atoms with Crippen molar-refractivity contribution in [2.75, 3.05) is 11.9 Å². The van der Waals surface area contributed by atoms with Crippen LogP contribution in [0.5, 0.6) is 0 Å². The summed E-state index contributed by atoms with van der Waals surface area (Å²) in [5, 5.41) is 12.7. The Labute approximate surface area is 83.4 Å². The molecule has 14 heavy (non-hydrogen) atoms. The molecular weight excluding hydrogens is 178 g/mol. The van der Waals surface area contributed by atoms with E-state index in [9.17, 15) is 5.11 Å². The highest BCUT2D eigenvalue weighted by molar-refractivity contribution is 5.32. The first-order valence-corrected chi connectivity index (χ1v) is 4.97. The number of aliphatic hydroxyl groups is 1. The Morgan fingerprint density at radius 2 is 2.43 bits per heavy atom. The zero-order chi connectivity index (χ0) is 9.97. The lowest BCUT2D eigenvalue weighted by Crippen LogP contribution is -2.21. The molecule has 2 rings (SSSR count). The van der Waals surface area contributed by atoms with E-state index in [0.717, 1.165) is 24.5 Å². The van der Waals surface area contributed by atoms with Crippen LogP contribution in [0.4, 0.5) is 5.82 Å². The predicted octanol–water partition coefficient (Wildman–Crippen LogP) is 0.968. The maximum Gasteiger partial charge on any atom is 0.129 e. The molecule has 1 aromatic heterocycles. The van der Waals surface area contributed by atoms with Gasteiger partial charge in [-0.3, -0.25) is 0 Å². The number of nitrogens with one attached hydrogen (secondary N) is 1. The SMILES string of the molecule is Cc1nccc(NCC(O)C2CC2)n1. The second-order valence-electron chi connectivity index (χ2n) is 3.77. The summed E-state index contributed by atoms with van der Waals surface area (Å²) in [6.07, 6.45) is 3.80. The first kappa shape index (κ1) is 9.40. The molecule has 1 saturated carbocycles. The van der Waals surface area contributed by atoms with E-state index in [1.807, 2.05) is 13.0 Å². The van der Waals surface area contributed by atoms with Crippen molar-refractivity contribution < 1.29 is 5.11 Å². The Balaban J connectivity index is 1.84. The van der Waals surface area contributed by atoms with Gasteiger partial charge in [-0.15, -0.1) is 0 Å². The topological polar surface area (TPSA) is 58.0 Å². The quantitative estimate of drug-likeness (QED) is 0.748. The van der Waals surface area contributed by atoms with E-state index < -0.39 is 0 Å². The Bertz CT molecular complexity index is 312. The first-order valence-electron chi connectivity index (χ1n) is 4.97. The van der Waals surface area contributed by atoms with Gasteiger partial charge in [0.15, 0.2) is 0 Å². The Morgan fingerprint density at radius 3 is 3.07 bits per heavy atom. The van der Waals surface area contributed by atoms with Crippen LogP contribution in [0.3, 0.4) is 0 Å². The normalized spacial score (nSPS) is 17.9. The minimum atomic E-state index is -0.231. The number of rotatable bonds is 4. The average Bonchev–Trinajstić information content (AvgIpc) is 2.97. The predicted molar refractivity (Wildman–Crippen MR) is 54.0 cm³/mol. The molecule has 1 unspecified atom stereocenters. The number of hydrogen-bond acceptors (Lipinski definition) is 4. The average molecular weight is 193 g/mol. The van der Waals surface area contributed by atoms with Crippen molar-refractivity contribution in [3.8, 4) is 0 Å². The third kappa shape index (κ3) is 2.42. The van der Waals surface area contributed by atoms with Crippen LogP contribution in [0.2, 0.25) is 0 Å². The molecule has 4 nitrogen and oxygen atoms in total. The fourth-order valence-electron chi connectivity index (χ4n) is 1.41. The molecule has 0 aliphatic heterocycles. The molecule has 2 N–H and O–H groups in total. The standard InChI is InChI=1S/C10H15N3O/c1-7-11-5-4-10(13-7)12-6-9(14)8-2-3-8/h4-5,8-9,14H,2-3,6H2,1H3,(H,11,12,13). The van der Waals surface area contributed by atoms with E-state index in [4.69, 9.17) is 0 Å². The minimum Gasteiger partial charge on any atom is -0.391 e. The van der Waals surface area contributed by atoms with Crippen molar-refractivity contribution in [1.82, 2.24) is 9.97 Å². The van der Waals surface area contributed by atoms with Crippen molar-refractivity contribution in [2.45, 2.75) is 25.9 Å². The molecule has 4 heteroatoms. The molecule has 0 amide bonds. The van der Waals surface area contributed by atoms with E-state index >= 15 is 0 Å². The lowest BCUT2D eigenvalue weighted by Gasteiger charge is -2.10. The lowest BCUT2D eigenvalue weighted by molar-refractivity contribution is 0.164. The van der Waals surface area contributed by atoms with Crippen LogP contribution in [0, 0.1) is 12.8 Å². The monoisotopic (exact) mass is 193 g/mol.